The molecule has 1 aliphatic rings. The summed E-state index contributed by atoms with van der Waals surface area (Å²) in [6.45, 7) is 7.91. The zero-order valence-electron chi connectivity index (χ0n) is 9.95. The lowest BCUT2D eigenvalue weighted by Crippen LogP contribution is -2.30. The van der Waals surface area contributed by atoms with Crippen LogP contribution in [0.15, 0.2) is 23.8 Å². The predicted octanol–water partition coefficient (Wildman–Crippen LogP) is 2.48. The Morgan fingerprint density at radius 3 is 2.67 bits per heavy atom. The number of rotatable bonds is 2. The van der Waals surface area contributed by atoms with Gasteiger partial charge in [0.15, 0.2) is 5.78 Å². The van der Waals surface area contributed by atoms with Crippen LogP contribution in [0.5, 0.6) is 0 Å². The number of aliphatic hydroxyl groups excluding tert-OH is 1. The SMILES string of the molecule is CC1=CC(=O)CC(C)(C)[C@@H]1/C=C/[C@H](C)O. The fraction of sp³-hybridized carbons (Fsp3) is 0.615. The summed E-state index contributed by atoms with van der Waals surface area (Å²) in [4.78, 5) is 11.4. The molecule has 1 rings (SSSR count). The smallest absolute Gasteiger partial charge is 0.156 e. The second-order valence-corrected chi connectivity index (χ2v) is 5.12. The molecule has 0 radical (unpaired) electrons. The Hall–Kier alpha value is -0.890. The van der Waals surface area contributed by atoms with Crippen LogP contribution in [-0.2, 0) is 4.79 Å². The molecule has 1 aliphatic carbocycles. The molecule has 0 aromatic heterocycles. The molecule has 0 spiro atoms. The largest absolute Gasteiger partial charge is 0.389 e. The van der Waals surface area contributed by atoms with E-state index in [1.807, 2.05) is 13.0 Å². The van der Waals surface area contributed by atoms with E-state index in [1.165, 1.54) is 0 Å². The van der Waals surface area contributed by atoms with Crippen LogP contribution in [0, 0.1) is 11.3 Å². The van der Waals surface area contributed by atoms with Gasteiger partial charge in [-0.15, -0.1) is 0 Å². The summed E-state index contributed by atoms with van der Waals surface area (Å²) in [6, 6.07) is 0. The lowest BCUT2D eigenvalue weighted by atomic mass is 9.68. The minimum Gasteiger partial charge on any atom is -0.389 e. The van der Waals surface area contributed by atoms with Gasteiger partial charge in [0.25, 0.3) is 0 Å². The minimum atomic E-state index is -0.425. The van der Waals surface area contributed by atoms with E-state index in [4.69, 9.17) is 0 Å². The van der Waals surface area contributed by atoms with Crippen LogP contribution in [0.1, 0.15) is 34.1 Å². The van der Waals surface area contributed by atoms with Crippen LogP contribution in [0.3, 0.4) is 0 Å². The highest BCUT2D eigenvalue weighted by Crippen LogP contribution is 2.40. The molecule has 1 N–H and O–H groups in total. The first kappa shape index (κ1) is 12.2. The highest BCUT2D eigenvalue weighted by Gasteiger charge is 2.34. The van der Waals surface area contributed by atoms with E-state index in [0.29, 0.717) is 6.42 Å². The Labute approximate surface area is 91.7 Å². The third kappa shape index (κ3) is 3.03. The van der Waals surface area contributed by atoms with Crippen LogP contribution < -0.4 is 0 Å². The van der Waals surface area contributed by atoms with Crippen molar-refractivity contribution in [1.82, 2.24) is 0 Å². The Morgan fingerprint density at radius 2 is 2.20 bits per heavy atom. The van der Waals surface area contributed by atoms with E-state index in [9.17, 15) is 9.90 Å². The third-order valence-electron chi connectivity index (χ3n) is 2.93. The summed E-state index contributed by atoms with van der Waals surface area (Å²) in [6.07, 6.45) is 5.69. The minimum absolute atomic E-state index is 0.0404. The molecule has 0 aromatic carbocycles. The first-order valence-electron chi connectivity index (χ1n) is 5.40. The highest BCUT2D eigenvalue weighted by molar-refractivity contribution is 5.92. The van der Waals surface area contributed by atoms with Crippen LogP contribution in [0.2, 0.25) is 0 Å². The summed E-state index contributed by atoms with van der Waals surface area (Å²) in [7, 11) is 0. The second kappa shape index (κ2) is 4.31. The van der Waals surface area contributed by atoms with Crippen molar-refractivity contribution in [2.24, 2.45) is 11.3 Å². The van der Waals surface area contributed by atoms with Crippen molar-refractivity contribution in [2.75, 3.05) is 0 Å². The van der Waals surface area contributed by atoms with Gasteiger partial charge in [0.05, 0.1) is 6.10 Å². The molecule has 2 nitrogen and oxygen atoms in total. The molecule has 2 atom stereocenters. The summed E-state index contributed by atoms with van der Waals surface area (Å²) < 4.78 is 0. The van der Waals surface area contributed by atoms with Crippen molar-refractivity contribution in [3.05, 3.63) is 23.8 Å². The summed E-state index contributed by atoms with van der Waals surface area (Å²) in [5, 5.41) is 9.22. The van der Waals surface area contributed by atoms with E-state index in [1.54, 1.807) is 19.1 Å². The maximum absolute atomic E-state index is 11.4. The van der Waals surface area contributed by atoms with E-state index in [2.05, 4.69) is 13.8 Å². The molecule has 0 amide bonds. The molecule has 84 valence electrons. The van der Waals surface area contributed by atoms with Gasteiger partial charge in [-0.2, -0.15) is 0 Å². The van der Waals surface area contributed by atoms with Gasteiger partial charge in [-0.3, -0.25) is 4.79 Å². The van der Waals surface area contributed by atoms with Crippen LogP contribution in [-0.4, -0.2) is 17.0 Å². The van der Waals surface area contributed by atoms with Gasteiger partial charge >= 0.3 is 0 Å². The molecule has 2 heteroatoms. The normalized spacial score (nSPS) is 27.9. The van der Waals surface area contributed by atoms with Gasteiger partial charge in [0.1, 0.15) is 0 Å². The molecule has 0 saturated carbocycles. The summed E-state index contributed by atoms with van der Waals surface area (Å²) in [5.41, 5.74) is 1.05. The van der Waals surface area contributed by atoms with Crippen LogP contribution >= 0.6 is 0 Å². The number of ketones is 1. The van der Waals surface area contributed by atoms with E-state index in [0.717, 1.165) is 5.57 Å². The van der Waals surface area contributed by atoms with Crippen molar-refractivity contribution in [3.8, 4) is 0 Å². The zero-order valence-corrected chi connectivity index (χ0v) is 9.95. The molecule has 0 heterocycles. The Kier molecular flexibility index (Phi) is 3.50. The molecule has 0 unspecified atom stereocenters. The molecule has 0 fully saturated rings. The van der Waals surface area contributed by atoms with Gasteiger partial charge in [-0.25, -0.2) is 0 Å². The fourth-order valence-electron chi connectivity index (χ4n) is 2.25. The highest BCUT2D eigenvalue weighted by atomic mass is 16.3. The summed E-state index contributed by atoms with van der Waals surface area (Å²) in [5.74, 6) is 0.462. The fourth-order valence-corrected chi connectivity index (χ4v) is 2.25. The average molecular weight is 208 g/mol. The quantitative estimate of drug-likeness (QED) is 0.708. The van der Waals surface area contributed by atoms with Crippen molar-refractivity contribution >= 4 is 5.78 Å². The Bertz CT molecular complexity index is 308. The van der Waals surface area contributed by atoms with Gasteiger partial charge in [0, 0.05) is 12.3 Å². The van der Waals surface area contributed by atoms with Gasteiger partial charge in [-0.1, -0.05) is 31.6 Å². The number of allylic oxidation sites excluding steroid dienone is 3. The van der Waals surface area contributed by atoms with Gasteiger partial charge < -0.3 is 5.11 Å². The number of carbonyl (C=O) groups is 1. The lowest BCUT2D eigenvalue weighted by Gasteiger charge is -2.35. The number of carbonyl (C=O) groups excluding carboxylic acids is 1. The predicted molar refractivity (Wildman–Crippen MR) is 61.5 cm³/mol. The van der Waals surface area contributed by atoms with Crippen molar-refractivity contribution in [3.63, 3.8) is 0 Å². The maximum Gasteiger partial charge on any atom is 0.156 e. The maximum atomic E-state index is 11.4. The lowest BCUT2D eigenvalue weighted by molar-refractivity contribution is -0.117. The topological polar surface area (TPSA) is 37.3 Å². The van der Waals surface area contributed by atoms with E-state index < -0.39 is 6.10 Å². The molecule has 0 aromatic rings. The first-order valence-corrected chi connectivity index (χ1v) is 5.40. The van der Waals surface area contributed by atoms with E-state index >= 15 is 0 Å². The number of aliphatic hydroxyl groups is 1. The van der Waals surface area contributed by atoms with Crippen LogP contribution in [0.25, 0.3) is 0 Å². The molecule has 0 saturated heterocycles. The molecule has 0 bridgehead atoms. The van der Waals surface area contributed by atoms with Gasteiger partial charge in [-0.05, 0) is 25.3 Å². The Morgan fingerprint density at radius 1 is 1.60 bits per heavy atom. The van der Waals surface area contributed by atoms with Crippen molar-refractivity contribution in [2.45, 2.75) is 40.2 Å². The zero-order chi connectivity index (χ0) is 11.6. The standard InChI is InChI=1S/C13H20O2/c1-9-7-11(15)8-13(3,4)12(9)6-5-10(2)14/h5-7,10,12,14H,8H2,1-4H3/b6-5+/t10-,12+/m0/s1. The Balaban J connectivity index is 2.94. The number of hydrogen-bond donors (Lipinski definition) is 1. The third-order valence-corrected chi connectivity index (χ3v) is 2.93. The molecule has 15 heavy (non-hydrogen) atoms. The van der Waals surface area contributed by atoms with Crippen molar-refractivity contribution < 1.29 is 9.90 Å². The number of hydrogen-bond acceptors (Lipinski definition) is 2. The van der Waals surface area contributed by atoms with Crippen molar-refractivity contribution in [1.29, 1.82) is 0 Å². The van der Waals surface area contributed by atoms with Crippen LogP contribution in [0.4, 0.5) is 0 Å². The average Bonchev–Trinajstić information content (AvgIpc) is 1.98. The van der Waals surface area contributed by atoms with Gasteiger partial charge in [0.2, 0.25) is 0 Å². The molecular weight excluding hydrogens is 188 g/mol. The second-order valence-electron chi connectivity index (χ2n) is 5.12. The molecular formula is C13H20O2. The molecule has 0 aliphatic heterocycles. The first-order chi connectivity index (χ1) is 6.83. The van der Waals surface area contributed by atoms with E-state index in [-0.39, 0.29) is 17.1 Å². The monoisotopic (exact) mass is 208 g/mol. The summed E-state index contributed by atoms with van der Waals surface area (Å²) >= 11 is 0.